The molecular weight excluding hydrogens is 272 g/mol. The van der Waals surface area contributed by atoms with Crippen LogP contribution in [0.25, 0.3) is 0 Å². The molecule has 1 amide bonds. The summed E-state index contributed by atoms with van der Waals surface area (Å²) in [5.74, 6) is -0.945. The Labute approximate surface area is 121 Å². The van der Waals surface area contributed by atoms with E-state index in [0.29, 0.717) is 22.4 Å². The van der Waals surface area contributed by atoms with E-state index >= 15 is 0 Å². The minimum Gasteiger partial charge on any atom is -0.477 e. The molecule has 0 aliphatic carbocycles. The standard InChI is InChI=1S/C15H14N2O4/c1-8-6-10(14(16)18)7-9(2)13(8)21-12-5-3-4-11(17-12)15(19)20/h3-7H,1-2H3,(H2,16,18)(H,19,20). The van der Waals surface area contributed by atoms with Gasteiger partial charge in [0.15, 0.2) is 5.69 Å². The molecule has 0 atom stereocenters. The molecule has 1 aromatic carbocycles. The molecule has 0 aliphatic heterocycles. The second-order valence-corrected chi connectivity index (χ2v) is 4.57. The van der Waals surface area contributed by atoms with Crippen LogP contribution < -0.4 is 10.5 Å². The van der Waals surface area contributed by atoms with Gasteiger partial charge in [-0.15, -0.1) is 0 Å². The van der Waals surface area contributed by atoms with Crippen molar-refractivity contribution in [3.8, 4) is 11.6 Å². The van der Waals surface area contributed by atoms with E-state index in [4.69, 9.17) is 15.6 Å². The monoisotopic (exact) mass is 286 g/mol. The van der Waals surface area contributed by atoms with Gasteiger partial charge in [-0.2, -0.15) is 0 Å². The highest BCUT2D eigenvalue weighted by atomic mass is 16.5. The summed E-state index contributed by atoms with van der Waals surface area (Å²) in [6.45, 7) is 3.55. The average Bonchev–Trinajstić information content (AvgIpc) is 2.42. The molecule has 1 heterocycles. The maximum atomic E-state index is 11.2. The van der Waals surface area contributed by atoms with Crippen molar-refractivity contribution in [3.05, 3.63) is 52.7 Å². The van der Waals surface area contributed by atoms with Gasteiger partial charge in [0, 0.05) is 11.6 Å². The Morgan fingerprint density at radius 2 is 1.81 bits per heavy atom. The summed E-state index contributed by atoms with van der Waals surface area (Å²) >= 11 is 0. The number of aromatic nitrogens is 1. The Morgan fingerprint density at radius 3 is 2.33 bits per heavy atom. The minimum atomic E-state index is -1.13. The number of aryl methyl sites for hydroxylation is 2. The Kier molecular flexibility index (Phi) is 3.89. The molecule has 3 N–H and O–H groups in total. The number of ether oxygens (including phenoxy) is 1. The van der Waals surface area contributed by atoms with E-state index in [1.54, 1.807) is 38.1 Å². The summed E-state index contributed by atoms with van der Waals surface area (Å²) in [6, 6.07) is 7.73. The number of benzene rings is 1. The van der Waals surface area contributed by atoms with E-state index < -0.39 is 11.9 Å². The molecule has 0 saturated heterocycles. The first-order valence-electron chi connectivity index (χ1n) is 6.17. The number of hydrogen-bond acceptors (Lipinski definition) is 4. The maximum Gasteiger partial charge on any atom is 0.354 e. The SMILES string of the molecule is Cc1cc(C(N)=O)cc(C)c1Oc1cccc(C(=O)O)n1. The quantitative estimate of drug-likeness (QED) is 0.897. The Hall–Kier alpha value is -2.89. The molecule has 0 bridgehead atoms. The van der Waals surface area contributed by atoms with E-state index in [2.05, 4.69) is 4.98 Å². The average molecular weight is 286 g/mol. The lowest BCUT2D eigenvalue weighted by Crippen LogP contribution is -2.11. The summed E-state index contributed by atoms with van der Waals surface area (Å²) < 4.78 is 5.64. The van der Waals surface area contributed by atoms with Crippen LogP contribution in [0.5, 0.6) is 11.6 Å². The van der Waals surface area contributed by atoms with E-state index in [9.17, 15) is 9.59 Å². The molecule has 108 valence electrons. The number of carboxylic acids is 1. The van der Waals surface area contributed by atoms with Crippen molar-refractivity contribution in [1.29, 1.82) is 0 Å². The number of primary amides is 1. The summed E-state index contributed by atoms with van der Waals surface area (Å²) in [5, 5.41) is 8.91. The van der Waals surface area contributed by atoms with Crippen LogP contribution in [0.2, 0.25) is 0 Å². The van der Waals surface area contributed by atoms with Crippen molar-refractivity contribution in [1.82, 2.24) is 4.98 Å². The van der Waals surface area contributed by atoms with Crippen molar-refractivity contribution in [2.45, 2.75) is 13.8 Å². The van der Waals surface area contributed by atoms with Crippen LogP contribution in [0.15, 0.2) is 30.3 Å². The zero-order chi connectivity index (χ0) is 15.6. The van der Waals surface area contributed by atoms with E-state index in [1.807, 2.05) is 0 Å². The van der Waals surface area contributed by atoms with Crippen LogP contribution in [-0.4, -0.2) is 22.0 Å². The molecule has 2 rings (SSSR count). The van der Waals surface area contributed by atoms with Gasteiger partial charge in [0.2, 0.25) is 11.8 Å². The first-order valence-corrected chi connectivity index (χ1v) is 6.17. The van der Waals surface area contributed by atoms with Crippen LogP contribution in [0.3, 0.4) is 0 Å². The van der Waals surface area contributed by atoms with Gasteiger partial charge in [-0.05, 0) is 43.2 Å². The molecular formula is C15H14N2O4. The highest BCUT2D eigenvalue weighted by Gasteiger charge is 2.12. The molecule has 6 heteroatoms. The molecule has 0 spiro atoms. The lowest BCUT2D eigenvalue weighted by molar-refractivity contribution is 0.0689. The molecule has 21 heavy (non-hydrogen) atoms. The lowest BCUT2D eigenvalue weighted by Gasteiger charge is -2.12. The van der Waals surface area contributed by atoms with Crippen molar-refractivity contribution >= 4 is 11.9 Å². The summed E-state index contributed by atoms with van der Waals surface area (Å²) in [7, 11) is 0. The first kappa shape index (κ1) is 14.5. The molecule has 2 aromatic rings. The summed E-state index contributed by atoms with van der Waals surface area (Å²) in [4.78, 5) is 26.0. The van der Waals surface area contributed by atoms with Crippen LogP contribution in [-0.2, 0) is 0 Å². The largest absolute Gasteiger partial charge is 0.477 e. The molecule has 0 fully saturated rings. The van der Waals surface area contributed by atoms with Crippen LogP contribution in [0.4, 0.5) is 0 Å². The number of hydrogen-bond donors (Lipinski definition) is 2. The highest BCUT2D eigenvalue weighted by molar-refractivity contribution is 5.93. The van der Waals surface area contributed by atoms with Gasteiger partial charge in [-0.1, -0.05) is 6.07 Å². The summed E-state index contributed by atoms with van der Waals surface area (Å²) in [5.41, 5.74) is 6.97. The van der Waals surface area contributed by atoms with E-state index in [-0.39, 0.29) is 11.6 Å². The minimum absolute atomic E-state index is 0.100. The van der Waals surface area contributed by atoms with Gasteiger partial charge in [-0.3, -0.25) is 4.79 Å². The van der Waals surface area contributed by atoms with Crippen LogP contribution in [0, 0.1) is 13.8 Å². The summed E-state index contributed by atoms with van der Waals surface area (Å²) in [6.07, 6.45) is 0. The number of carbonyl (C=O) groups is 2. The van der Waals surface area contributed by atoms with Crippen molar-refractivity contribution in [2.24, 2.45) is 5.73 Å². The third-order valence-corrected chi connectivity index (χ3v) is 2.89. The normalized spacial score (nSPS) is 10.2. The molecule has 6 nitrogen and oxygen atoms in total. The fourth-order valence-corrected chi connectivity index (χ4v) is 1.95. The van der Waals surface area contributed by atoms with Crippen LogP contribution in [0.1, 0.15) is 32.0 Å². The maximum absolute atomic E-state index is 11.2. The second-order valence-electron chi connectivity index (χ2n) is 4.57. The van der Waals surface area contributed by atoms with Crippen molar-refractivity contribution in [3.63, 3.8) is 0 Å². The topological polar surface area (TPSA) is 103 Å². The predicted octanol–water partition coefficient (Wildman–Crippen LogP) is 2.29. The Balaban J connectivity index is 2.38. The van der Waals surface area contributed by atoms with Crippen LogP contribution >= 0.6 is 0 Å². The predicted molar refractivity (Wildman–Crippen MR) is 75.7 cm³/mol. The van der Waals surface area contributed by atoms with Gasteiger partial charge in [-0.25, -0.2) is 9.78 Å². The number of carbonyl (C=O) groups excluding carboxylic acids is 1. The fraction of sp³-hybridized carbons (Fsp3) is 0.133. The number of pyridine rings is 1. The molecule has 0 unspecified atom stereocenters. The third-order valence-electron chi connectivity index (χ3n) is 2.89. The number of nitrogens with zero attached hydrogens (tertiary/aromatic N) is 1. The number of rotatable bonds is 4. The second kappa shape index (κ2) is 5.62. The first-order chi connectivity index (χ1) is 9.88. The highest BCUT2D eigenvalue weighted by Crippen LogP contribution is 2.29. The van der Waals surface area contributed by atoms with Gasteiger partial charge in [0.25, 0.3) is 0 Å². The Morgan fingerprint density at radius 1 is 1.19 bits per heavy atom. The molecule has 0 radical (unpaired) electrons. The molecule has 0 aliphatic rings. The zero-order valence-corrected chi connectivity index (χ0v) is 11.6. The lowest BCUT2D eigenvalue weighted by atomic mass is 10.1. The molecule has 0 saturated carbocycles. The van der Waals surface area contributed by atoms with Gasteiger partial charge in [0.1, 0.15) is 5.75 Å². The smallest absolute Gasteiger partial charge is 0.354 e. The van der Waals surface area contributed by atoms with E-state index in [1.165, 1.54) is 6.07 Å². The fourth-order valence-electron chi connectivity index (χ4n) is 1.95. The zero-order valence-electron chi connectivity index (χ0n) is 11.6. The van der Waals surface area contributed by atoms with Crippen molar-refractivity contribution < 1.29 is 19.4 Å². The van der Waals surface area contributed by atoms with E-state index in [0.717, 1.165) is 0 Å². The molecule has 1 aromatic heterocycles. The number of amides is 1. The van der Waals surface area contributed by atoms with Crippen molar-refractivity contribution in [2.75, 3.05) is 0 Å². The number of aromatic carboxylic acids is 1. The number of carboxylic acid groups (broad SMARTS) is 1. The third kappa shape index (κ3) is 3.17. The van der Waals surface area contributed by atoms with Gasteiger partial charge >= 0.3 is 5.97 Å². The van der Waals surface area contributed by atoms with Gasteiger partial charge in [0.05, 0.1) is 0 Å². The Bertz CT molecular complexity index is 702. The number of nitrogens with two attached hydrogens (primary N) is 1. The van der Waals surface area contributed by atoms with Gasteiger partial charge < -0.3 is 15.6 Å².